The van der Waals surface area contributed by atoms with E-state index in [-0.39, 0.29) is 5.75 Å². The molecule has 2 aromatic rings. The van der Waals surface area contributed by atoms with Crippen molar-refractivity contribution in [2.24, 2.45) is 0 Å². The zero-order valence-electron chi connectivity index (χ0n) is 7.49. The van der Waals surface area contributed by atoms with Gasteiger partial charge in [-0.2, -0.15) is 0 Å². The fourth-order valence-electron chi connectivity index (χ4n) is 1.20. The summed E-state index contributed by atoms with van der Waals surface area (Å²) in [7, 11) is 0. The van der Waals surface area contributed by atoms with Crippen LogP contribution in [-0.2, 0) is 0 Å². The molecule has 0 spiro atoms. The molecule has 0 bridgehead atoms. The van der Waals surface area contributed by atoms with Crippen LogP contribution in [0.15, 0.2) is 28.8 Å². The van der Waals surface area contributed by atoms with Crippen LogP contribution in [0.4, 0.5) is 0 Å². The highest BCUT2D eigenvalue weighted by Crippen LogP contribution is 2.31. The van der Waals surface area contributed by atoms with E-state index in [1.54, 1.807) is 18.2 Å². The van der Waals surface area contributed by atoms with E-state index in [0.29, 0.717) is 16.3 Å². The van der Waals surface area contributed by atoms with Crippen molar-refractivity contribution in [3.05, 3.63) is 35.0 Å². The summed E-state index contributed by atoms with van der Waals surface area (Å²) in [4.78, 5) is 0. The van der Waals surface area contributed by atoms with Gasteiger partial charge in [-0.1, -0.05) is 16.8 Å². The Hall–Kier alpha value is -1.48. The molecule has 0 saturated heterocycles. The van der Waals surface area contributed by atoms with Crippen LogP contribution >= 0.6 is 11.6 Å². The van der Waals surface area contributed by atoms with Gasteiger partial charge in [0.15, 0.2) is 5.76 Å². The van der Waals surface area contributed by atoms with Gasteiger partial charge < -0.3 is 9.63 Å². The Morgan fingerprint density at radius 2 is 2.14 bits per heavy atom. The SMILES string of the molecule is Cc1cc(-c2cc(Cl)ccc2O)on1. The highest BCUT2D eigenvalue weighted by molar-refractivity contribution is 6.30. The molecule has 0 aliphatic carbocycles. The van der Waals surface area contributed by atoms with Gasteiger partial charge >= 0.3 is 0 Å². The second-order valence-corrected chi connectivity index (χ2v) is 3.43. The largest absolute Gasteiger partial charge is 0.507 e. The zero-order chi connectivity index (χ0) is 10.1. The van der Waals surface area contributed by atoms with Crippen molar-refractivity contribution >= 4 is 11.6 Å². The topological polar surface area (TPSA) is 46.3 Å². The molecule has 0 aliphatic rings. The number of hydrogen-bond acceptors (Lipinski definition) is 3. The van der Waals surface area contributed by atoms with Crippen LogP contribution in [0.25, 0.3) is 11.3 Å². The molecule has 0 saturated carbocycles. The molecule has 0 fully saturated rings. The first-order chi connectivity index (χ1) is 6.66. The minimum Gasteiger partial charge on any atom is -0.507 e. The minimum absolute atomic E-state index is 0.130. The van der Waals surface area contributed by atoms with Gasteiger partial charge in [-0.3, -0.25) is 0 Å². The number of phenolic OH excluding ortho intramolecular Hbond substituents is 1. The molecule has 0 aliphatic heterocycles. The van der Waals surface area contributed by atoms with Crippen molar-refractivity contribution < 1.29 is 9.63 Å². The van der Waals surface area contributed by atoms with Crippen LogP contribution in [0.3, 0.4) is 0 Å². The van der Waals surface area contributed by atoms with Gasteiger partial charge in [0.25, 0.3) is 0 Å². The number of benzene rings is 1. The molecule has 1 aromatic carbocycles. The van der Waals surface area contributed by atoms with Crippen molar-refractivity contribution in [3.63, 3.8) is 0 Å². The fraction of sp³-hybridized carbons (Fsp3) is 0.100. The van der Waals surface area contributed by atoms with Crippen molar-refractivity contribution in [1.82, 2.24) is 5.16 Å². The highest BCUT2D eigenvalue weighted by atomic mass is 35.5. The third-order valence-corrected chi connectivity index (χ3v) is 2.09. The molecule has 4 heteroatoms. The van der Waals surface area contributed by atoms with E-state index in [1.165, 1.54) is 6.07 Å². The molecule has 72 valence electrons. The summed E-state index contributed by atoms with van der Waals surface area (Å²) in [5, 5.41) is 13.8. The van der Waals surface area contributed by atoms with Crippen LogP contribution in [0, 0.1) is 6.92 Å². The van der Waals surface area contributed by atoms with Gasteiger partial charge in [-0.05, 0) is 25.1 Å². The van der Waals surface area contributed by atoms with Gasteiger partial charge in [0.05, 0.1) is 11.3 Å². The molecule has 0 unspecified atom stereocenters. The van der Waals surface area contributed by atoms with E-state index in [9.17, 15) is 5.11 Å². The lowest BCUT2D eigenvalue weighted by atomic mass is 10.1. The van der Waals surface area contributed by atoms with E-state index < -0.39 is 0 Å². The second kappa shape index (κ2) is 3.35. The van der Waals surface area contributed by atoms with Gasteiger partial charge in [0.2, 0.25) is 0 Å². The lowest BCUT2D eigenvalue weighted by Gasteiger charge is -1.99. The van der Waals surface area contributed by atoms with Gasteiger partial charge in [0.1, 0.15) is 5.75 Å². The Kier molecular flexibility index (Phi) is 2.17. The van der Waals surface area contributed by atoms with Gasteiger partial charge in [-0.15, -0.1) is 0 Å². The summed E-state index contributed by atoms with van der Waals surface area (Å²) in [6.45, 7) is 1.81. The molecule has 0 radical (unpaired) electrons. The molecule has 1 heterocycles. The highest BCUT2D eigenvalue weighted by Gasteiger charge is 2.09. The van der Waals surface area contributed by atoms with Crippen molar-refractivity contribution in [3.8, 4) is 17.1 Å². The van der Waals surface area contributed by atoms with E-state index in [0.717, 1.165) is 5.69 Å². The van der Waals surface area contributed by atoms with E-state index in [1.807, 2.05) is 6.92 Å². The predicted octanol–water partition coefficient (Wildman–Crippen LogP) is 3.01. The first-order valence-corrected chi connectivity index (χ1v) is 4.47. The van der Waals surface area contributed by atoms with E-state index >= 15 is 0 Å². The second-order valence-electron chi connectivity index (χ2n) is 2.99. The van der Waals surface area contributed by atoms with Crippen LogP contribution < -0.4 is 0 Å². The lowest BCUT2D eigenvalue weighted by Crippen LogP contribution is -1.75. The Bertz CT molecular complexity index is 465. The Labute approximate surface area is 85.9 Å². The molecule has 1 N–H and O–H groups in total. The quantitative estimate of drug-likeness (QED) is 0.785. The number of aryl methyl sites for hydroxylation is 1. The molecule has 2 rings (SSSR count). The summed E-state index contributed by atoms with van der Waals surface area (Å²) < 4.78 is 5.02. The molecule has 0 atom stereocenters. The van der Waals surface area contributed by atoms with Crippen molar-refractivity contribution in [2.45, 2.75) is 6.92 Å². The smallest absolute Gasteiger partial charge is 0.170 e. The first kappa shape index (κ1) is 9.09. The zero-order valence-corrected chi connectivity index (χ0v) is 8.25. The third-order valence-electron chi connectivity index (χ3n) is 1.85. The van der Waals surface area contributed by atoms with Crippen molar-refractivity contribution in [2.75, 3.05) is 0 Å². The number of nitrogens with zero attached hydrogens (tertiary/aromatic N) is 1. The number of aromatic hydroxyl groups is 1. The van der Waals surface area contributed by atoms with Gasteiger partial charge in [0, 0.05) is 11.1 Å². The summed E-state index contributed by atoms with van der Waals surface area (Å²) in [6, 6.07) is 6.52. The van der Waals surface area contributed by atoms with Crippen LogP contribution in [-0.4, -0.2) is 10.3 Å². The molecule has 1 aromatic heterocycles. The third kappa shape index (κ3) is 1.59. The maximum Gasteiger partial charge on any atom is 0.170 e. The molecule has 0 amide bonds. The average Bonchev–Trinajstić information content (AvgIpc) is 2.56. The predicted molar refractivity (Wildman–Crippen MR) is 53.4 cm³/mol. The standard InChI is InChI=1S/C10H8ClNO2/c1-6-4-10(14-12-6)8-5-7(11)2-3-9(8)13/h2-5,13H,1H3. The molecular formula is C10H8ClNO2. The van der Waals surface area contributed by atoms with Gasteiger partial charge in [-0.25, -0.2) is 0 Å². The average molecular weight is 210 g/mol. The summed E-state index contributed by atoms with van der Waals surface area (Å²) in [5.41, 5.74) is 1.32. The number of halogens is 1. The number of aromatic nitrogens is 1. The molecule has 14 heavy (non-hydrogen) atoms. The normalized spacial score (nSPS) is 10.4. The number of rotatable bonds is 1. The Morgan fingerprint density at radius 1 is 1.36 bits per heavy atom. The van der Waals surface area contributed by atoms with Crippen LogP contribution in [0.1, 0.15) is 5.69 Å². The van der Waals surface area contributed by atoms with Crippen LogP contribution in [0.2, 0.25) is 5.02 Å². The first-order valence-electron chi connectivity index (χ1n) is 4.09. The monoisotopic (exact) mass is 209 g/mol. The molecular weight excluding hydrogens is 202 g/mol. The summed E-state index contributed by atoms with van der Waals surface area (Å²) in [6.07, 6.45) is 0. The summed E-state index contributed by atoms with van der Waals surface area (Å²) >= 11 is 5.80. The lowest BCUT2D eigenvalue weighted by molar-refractivity contribution is 0.421. The number of hydrogen-bond donors (Lipinski definition) is 1. The number of phenols is 1. The van der Waals surface area contributed by atoms with Crippen molar-refractivity contribution in [1.29, 1.82) is 0 Å². The fourth-order valence-corrected chi connectivity index (χ4v) is 1.37. The van der Waals surface area contributed by atoms with Crippen LogP contribution in [0.5, 0.6) is 5.75 Å². The maximum atomic E-state index is 9.55. The minimum atomic E-state index is 0.130. The Balaban J connectivity index is 2.55. The summed E-state index contributed by atoms with van der Waals surface area (Å²) in [5.74, 6) is 0.646. The van der Waals surface area contributed by atoms with E-state index in [4.69, 9.17) is 16.1 Å². The molecule has 3 nitrogen and oxygen atoms in total. The Morgan fingerprint density at radius 3 is 2.79 bits per heavy atom. The maximum absolute atomic E-state index is 9.55. The van der Waals surface area contributed by atoms with E-state index in [2.05, 4.69) is 5.16 Å².